The predicted molar refractivity (Wildman–Crippen MR) is 74.7 cm³/mol. The van der Waals surface area contributed by atoms with Crippen LogP contribution in [0.5, 0.6) is 0 Å². The molecule has 0 spiro atoms. The monoisotopic (exact) mass is 266 g/mol. The second kappa shape index (κ2) is 8.44. The number of hydrazine groups is 1. The molecule has 6 nitrogen and oxygen atoms in total. The number of anilines is 1. The molecule has 0 saturated carbocycles. The van der Waals surface area contributed by atoms with Crippen LogP contribution in [0.1, 0.15) is 30.6 Å². The Morgan fingerprint density at radius 2 is 2.32 bits per heavy atom. The van der Waals surface area contributed by atoms with Crippen LogP contribution in [0.25, 0.3) is 0 Å². The van der Waals surface area contributed by atoms with Gasteiger partial charge in [-0.3, -0.25) is 15.6 Å². The first kappa shape index (κ1) is 15.4. The van der Waals surface area contributed by atoms with E-state index in [1.54, 1.807) is 12.3 Å². The molecule has 1 rings (SSSR count). The molecule has 0 unspecified atom stereocenters. The Kier molecular flexibility index (Phi) is 6.84. The molecule has 0 bridgehead atoms. The summed E-state index contributed by atoms with van der Waals surface area (Å²) in [5, 5.41) is 2.81. The average Bonchev–Trinajstić information content (AvgIpc) is 2.42. The number of hydrogen-bond acceptors (Lipinski definition) is 5. The minimum Gasteiger partial charge on any atom is -0.381 e. The smallest absolute Gasteiger partial charge is 0.255 e. The van der Waals surface area contributed by atoms with Gasteiger partial charge >= 0.3 is 0 Å². The van der Waals surface area contributed by atoms with Crippen LogP contribution in [0.3, 0.4) is 0 Å². The summed E-state index contributed by atoms with van der Waals surface area (Å²) in [5.41, 5.74) is 3.47. The normalized spacial score (nSPS) is 10.5. The van der Waals surface area contributed by atoms with E-state index < -0.39 is 0 Å². The van der Waals surface area contributed by atoms with E-state index in [-0.39, 0.29) is 5.91 Å². The van der Waals surface area contributed by atoms with Crippen molar-refractivity contribution >= 4 is 11.6 Å². The number of carbonyl (C=O) groups excluding carboxylic acids is 1. The van der Waals surface area contributed by atoms with Gasteiger partial charge in [0, 0.05) is 32.2 Å². The van der Waals surface area contributed by atoms with Crippen molar-refractivity contribution in [2.24, 2.45) is 11.8 Å². The lowest BCUT2D eigenvalue weighted by Gasteiger charge is -2.09. The second-order valence-electron chi connectivity index (χ2n) is 4.64. The van der Waals surface area contributed by atoms with Crippen molar-refractivity contribution in [3.63, 3.8) is 0 Å². The van der Waals surface area contributed by atoms with E-state index in [1.165, 1.54) is 6.20 Å². The molecule has 1 heterocycles. The standard InChI is InChI=1S/C13H22N4O2/c1-10(2)9-19-7-3-5-16-13(18)11-8-15-6-4-12(11)17-14/h4,6,8,10H,3,5,7,9,14H2,1-2H3,(H,15,17)(H,16,18). The van der Waals surface area contributed by atoms with Crippen LogP contribution < -0.4 is 16.6 Å². The number of rotatable bonds is 8. The van der Waals surface area contributed by atoms with Crippen molar-refractivity contribution in [3.05, 3.63) is 24.0 Å². The van der Waals surface area contributed by atoms with Crippen LogP contribution in [0.15, 0.2) is 18.5 Å². The molecule has 19 heavy (non-hydrogen) atoms. The van der Waals surface area contributed by atoms with Gasteiger partial charge in [-0.2, -0.15) is 0 Å². The first-order valence-electron chi connectivity index (χ1n) is 6.41. The summed E-state index contributed by atoms with van der Waals surface area (Å²) in [6, 6.07) is 1.65. The molecule has 0 aromatic carbocycles. The Balaban J connectivity index is 2.28. The van der Waals surface area contributed by atoms with E-state index in [1.807, 2.05) is 0 Å². The van der Waals surface area contributed by atoms with E-state index in [0.29, 0.717) is 30.3 Å². The van der Waals surface area contributed by atoms with Crippen molar-refractivity contribution < 1.29 is 9.53 Å². The fourth-order valence-corrected chi connectivity index (χ4v) is 1.49. The van der Waals surface area contributed by atoms with E-state index in [2.05, 4.69) is 29.6 Å². The topological polar surface area (TPSA) is 89.3 Å². The van der Waals surface area contributed by atoms with Gasteiger partial charge in [-0.15, -0.1) is 0 Å². The number of ether oxygens (including phenoxy) is 1. The van der Waals surface area contributed by atoms with Crippen LogP contribution >= 0.6 is 0 Å². The molecule has 0 aliphatic carbocycles. The first-order valence-corrected chi connectivity index (χ1v) is 6.41. The Bertz CT molecular complexity index is 396. The highest BCUT2D eigenvalue weighted by atomic mass is 16.5. The molecule has 6 heteroatoms. The maximum Gasteiger partial charge on any atom is 0.255 e. The zero-order valence-electron chi connectivity index (χ0n) is 11.5. The SMILES string of the molecule is CC(C)COCCCNC(=O)c1cnccc1NN. The quantitative estimate of drug-likeness (QED) is 0.373. The Hall–Kier alpha value is -1.66. The van der Waals surface area contributed by atoms with Gasteiger partial charge in [0.2, 0.25) is 0 Å². The minimum absolute atomic E-state index is 0.190. The molecule has 0 radical (unpaired) electrons. The van der Waals surface area contributed by atoms with Crippen molar-refractivity contribution in [2.75, 3.05) is 25.2 Å². The number of nitrogens with zero attached hydrogens (tertiary/aromatic N) is 1. The van der Waals surface area contributed by atoms with Gasteiger partial charge in [-0.1, -0.05) is 13.8 Å². The number of pyridine rings is 1. The molecule has 0 aliphatic rings. The molecular formula is C13H22N4O2. The van der Waals surface area contributed by atoms with Gasteiger partial charge in [-0.25, -0.2) is 0 Å². The van der Waals surface area contributed by atoms with Crippen LogP contribution in [-0.2, 0) is 4.74 Å². The molecule has 0 atom stereocenters. The summed E-state index contributed by atoms with van der Waals surface area (Å²) in [7, 11) is 0. The number of nitrogens with two attached hydrogens (primary N) is 1. The molecule has 0 aliphatic heterocycles. The molecular weight excluding hydrogens is 244 g/mol. The summed E-state index contributed by atoms with van der Waals surface area (Å²) in [6.07, 6.45) is 3.84. The molecule has 0 saturated heterocycles. The summed E-state index contributed by atoms with van der Waals surface area (Å²) in [4.78, 5) is 15.8. The van der Waals surface area contributed by atoms with Crippen LogP contribution in [0, 0.1) is 5.92 Å². The lowest BCUT2D eigenvalue weighted by atomic mass is 10.2. The summed E-state index contributed by atoms with van der Waals surface area (Å²) >= 11 is 0. The van der Waals surface area contributed by atoms with Crippen molar-refractivity contribution in [2.45, 2.75) is 20.3 Å². The molecule has 1 aromatic heterocycles. The van der Waals surface area contributed by atoms with E-state index in [0.717, 1.165) is 13.0 Å². The molecule has 4 N–H and O–H groups in total. The van der Waals surface area contributed by atoms with E-state index in [9.17, 15) is 4.79 Å². The second-order valence-corrected chi connectivity index (χ2v) is 4.64. The fraction of sp³-hybridized carbons (Fsp3) is 0.538. The highest BCUT2D eigenvalue weighted by molar-refractivity contribution is 5.99. The molecule has 106 valence electrons. The van der Waals surface area contributed by atoms with Gasteiger partial charge in [0.1, 0.15) is 0 Å². The Morgan fingerprint density at radius 3 is 3.00 bits per heavy atom. The number of hydrogen-bond donors (Lipinski definition) is 3. The van der Waals surface area contributed by atoms with Gasteiger partial charge < -0.3 is 15.5 Å². The summed E-state index contributed by atoms with van der Waals surface area (Å²) in [5.74, 6) is 5.67. The number of nitrogens with one attached hydrogen (secondary N) is 2. The Morgan fingerprint density at radius 1 is 1.53 bits per heavy atom. The van der Waals surface area contributed by atoms with Crippen LogP contribution in [0.4, 0.5) is 5.69 Å². The first-order chi connectivity index (χ1) is 9.15. The molecule has 0 fully saturated rings. The lowest BCUT2D eigenvalue weighted by Crippen LogP contribution is -2.27. The molecule has 1 aromatic rings. The highest BCUT2D eigenvalue weighted by Gasteiger charge is 2.09. The van der Waals surface area contributed by atoms with Gasteiger partial charge in [-0.05, 0) is 18.4 Å². The maximum atomic E-state index is 11.9. The summed E-state index contributed by atoms with van der Waals surface area (Å²) < 4.78 is 5.43. The largest absolute Gasteiger partial charge is 0.381 e. The highest BCUT2D eigenvalue weighted by Crippen LogP contribution is 2.11. The van der Waals surface area contributed by atoms with Crippen molar-refractivity contribution in [1.82, 2.24) is 10.3 Å². The van der Waals surface area contributed by atoms with E-state index >= 15 is 0 Å². The zero-order valence-corrected chi connectivity index (χ0v) is 11.5. The maximum absolute atomic E-state index is 11.9. The summed E-state index contributed by atoms with van der Waals surface area (Å²) in [6.45, 7) is 6.16. The predicted octanol–water partition coefficient (Wildman–Crippen LogP) is 1.16. The van der Waals surface area contributed by atoms with E-state index in [4.69, 9.17) is 10.6 Å². The number of aromatic nitrogens is 1. The third kappa shape index (κ3) is 5.67. The number of carbonyl (C=O) groups is 1. The Labute approximate surface area is 113 Å². The average molecular weight is 266 g/mol. The van der Waals surface area contributed by atoms with Crippen molar-refractivity contribution in [1.29, 1.82) is 0 Å². The lowest BCUT2D eigenvalue weighted by molar-refractivity contribution is 0.0925. The fourth-order valence-electron chi connectivity index (χ4n) is 1.49. The van der Waals surface area contributed by atoms with Gasteiger partial charge in [0.15, 0.2) is 0 Å². The van der Waals surface area contributed by atoms with Crippen molar-refractivity contribution in [3.8, 4) is 0 Å². The third-order valence-electron chi connectivity index (χ3n) is 2.42. The zero-order chi connectivity index (χ0) is 14.1. The van der Waals surface area contributed by atoms with Gasteiger partial charge in [0.25, 0.3) is 5.91 Å². The molecule has 1 amide bonds. The van der Waals surface area contributed by atoms with Crippen LogP contribution in [0.2, 0.25) is 0 Å². The van der Waals surface area contributed by atoms with Crippen LogP contribution in [-0.4, -0.2) is 30.6 Å². The number of amides is 1. The third-order valence-corrected chi connectivity index (χ3v) is 2.42. The minimum atomic E-state index is -0.190. The number of nitrogen functional groups attached to an aromatic ring is 1. The van der Waals surface area contributed by atoms with Gasteiger partial charge in [0.05, 0.1) is 11.3 Å².